The van der Waals surface area contributed by atoms with Crippen LogP contribution >= 0.6 is 0 Å². The Hall–Kier alpha value is -1.58. The Morgan fingerprint density at radius 2 is 1.52 bits per heavy atom. The van der Waals surface area contributed by atoms with Gasteiger partial charge >= 0.3 is 0 Å². The SMILES string of the molecule is CC(C)(C)[C@H]1COC(C2=CC=CC2C2=N[C@@H](C(C)(C)C)CO2)=N1. The quantitative estimate of drug-likeness (QED) is 0.778. The van der Waals surface area contributed by atoms with Gasteiger partial charge in [0, 0.05) is 5.57 Å². The number of rotatable bonds is 2. The third-order valence-corrected chi connectivity index (χ3v) is 4.75. The molecule has 0 aromatic heterocycles. The minimum Gasteiger partial charge on any atom is -0.478 e. The topological polar surface area (TPSA) is 43.2 Å². The van der Waals surface area contributed by atoms with E-state index in [2.05, 4.69) is 53.7 Å². The first-order valence-corrected chi connectivity index (χ1v) is 8.46. The van der Waals surface area contributed by atoms with E-state index in [0.717, 1.165) is 17.4 Å². The smallest absolute Gasteiger partial charge is 0.213 e. The maximum absolute atomic E-state index is 5.91. The third kappa shape index (κ3) is 3.22. The summed E-state index contributed by atoms with van der Waals surface area (Å²) in [5, 5.41) is 0. The van der Waals surface area contributed by atoms with E-state index in [4.69, 9.17) is 19.5 Å². The average Bonchev–Trinajstić information content (AvgIpc) is 3.16. The summed E-state index contributed by atoms with van der Waals surface area (Å²) < 4.78 is 11.8. The zero-order valence-electron chi connectivity index (χ0n) is 15.1. The minimum atomic E-state index is 0.0415. The Balaban J connectivity index is 1.78. The van der Waals surface area contributed by atoms with E-state index in [1.807, 2.05) is 6.08 Å². The van der Waals surface area contributed by atoms with E-state index in [-0.39, 0.29) is 28.8 Å². The second-order valence-corrected chi connectivity index (χ2v) is 8.77. The highest BCUT2D eigenvalue weighted by Gasteiger charge is 2.38. The van der Waals surface area contributed by atoms with Crippen molar-refractivity contribution in [3.63, 3.8) is 0 Å². The highest BCUT2D eigenvalue weighted by Crippen LogP contribution is 2.34. The summed E-state index contributed by atoms with van der Waals surface area (Å²) in [6, 6.07) is 0.412. The highest BCUT2D eigenvalue weighted by atomic mass is 16.5. The molecule has 1 aliphatic carbocycles. The molecule has 4 nitrogen and oxygen atoms in total. The van der Waals surface area contributed by atoms with Crippen LogP contribution in [0.15, 0.2) is 33.8 Å². The summed E-state index contributed by atoms with van der Waals surface area (Å²) in [4.78, 5) is 9.63. The summed E-state index contributed by atoms with van der Waals surface area (Å²) in [6.45, 7) is 14.5. The molecule has 0 N–H and O–H groups in total. The second-order valence-electron chi connectivity index (χ2n) is 8.77. The maximum atomic E-state index is 5.91. The first kappa shape index (κ1) is 16.3. The molecule has 0 spiro atoms. The van der Waals surface area contributed by atoms with Crippen molar-refractivity contribution in [2.45, 2.75) is 53.6 Å². The van der Waals surface area contributed by atoms with Gasteiger partial charge in [-0.05, 0) is 10.8 Å². The Kier molecular flexibility index (Phi) is 3.89. The van der Waals surface area contributed by atoms with E-state index in [1.165, 1.54) is 0 Å². The lowest BCUT2D eigenvalue weighted by atomic mass is 9.88. The van der Waals surface area contributed by atoms with Gasteiger partial charge in [-0.1, -0.05) is 59.8 Å². The summed E-state index contributed by atoms with van der Waals surface area (Å²) in [7, 11) is 0. The van der Waals surface area contributed by atoms with Crippen LogP contribution in [-0.2, 0) is 9.47 Å². The molecule has 2 heterocycles. The highest BCUT2D eigenvalue weighted by molar-refractivity contribution is 6.03. The van der Waals surface area contributed by atoms with Gasteiger partial charge in [-0.15, -0.1) is 0 Å². The van der Waals surface area contributed by atoms with E-state index < -0.39 is 0 Å². The maximum Gasteiger partial charge on any atom is 0.213 e. The lowest BCUT2D eigenvalue weighted by Gasteiger charge is -2.22. The zero-order chi connectivity index (χ0) is 16.8. The third-order valence-electron chi connectivity index (χ3n) is 4.75. The van der Waals surface area contributed by atoms with Crippen LogP contribution < -0.4 is 0 Å². The van der Waals surface area contributed by atoms with Crippen molar-refractivity contribution in [3.05, 3.63) is 23.8 Å². The molecule has 2 aliphatic heterocycles. The zero-order valence-corrected chi connectivity index (χ0v) is 15.1. The van der Waals surface area contributed by atoms with Gasteiger partial charge in [-0.3, -0.25) is 0 Å². The van der Waals surface area contributed by atoms with Crippen molar-refractivity contribution in [1.29, 1.82) is 0 Å². The van der Waals surface area contributed by atoms with E-state index >= 15 is 0 Å². The molecule has 0 saturated carbocycles. The van der Waals surface area contributed by atoms with Gasteiger partial charge in [0.1, 0.15) is 13.2 Å². The number of aliphatic imine (C=N–C) groups is 2. The van der Waals surface area contributed by atoms with Gasteiger partial charge in [-0.2, -0.15) is 0 Å². The molecule has 0 bridgehead atoms. The van der Waals surface area contributed by atoms with Crippen LogP contribution in [0.4, 0.5) is 0 Å². The fourth-order valence-corrected chi connectivity index (χ4v) is 2.88. The molecule has 0 fully saturated rings. The number of ether oxygens (including phenoxy) is 2. The lowest BCUT2D eigenvalue weighted by molar-refractivity contribution is 0.230. The molecule has 3 aliphatic rings. The monoisotopic (exact) mass is 316 g/mol. The van der Waals surface area contributed by atoms with Crippen LogP contribution in [0.25, 0.3) is 0 Å². The number of nitrogens with zero attached hydrogens (tertiary/aromatic N) is 2. The minimum absolute atomic E-state index is 0.0415. The van der Waals surface area contributed by atoms with Crippen molar-refractivity contribution >= 4 is 11.8 Å². The van der Waals surface area contributed by atoms with Gasteiger partial charge in [0.05, 0.1) is 18.0 Å². The molecule has 23 heavy (non-hydrogen) atoms. The molecule has 1 unspecified atom stereocenters. The predicted octanol–water partition coefficient (Wildman–Crippen LogP) is 3.79. The van der Waals surface area contributed by atoms with E-state index in [0.29, 0.717) is 13.2 Å². The van der Waals surface area contributed by atoms with Crippen molar-refractivity contribution in [2.24, 2.45) is 26.7 Å². The molecular weight excluding hydrogens is 288 g/mol. The Morgan fingerprint density at radius 3 is 2.09 bits per heavy atom. The van der Waals surface area contributed by atoms with Gasteiger partial charge < -0.3 is 9.47 Å². The fourth-order valence-electron chi connectivity index (χ4n) is 2.88. The van der Waals surface area contributed by atoms with E-state index in [9.17, 15) is 0 Å². The van der Waals surface area contributed by atoms with E-state index in [1.54, 1.807) is 0 Å². The first-order valence-electron chi connectivity index (χ1n) is 8.46. The van der Waals surface area contributed by atoms with Crippen LogP contribution in [0.5, 0.6) is 0 Å². The summed E-state index contributed by atoms with van der Waals surface area (Å²) in [5.41, 5.74) is 1.31. The molecule has 0 amide bonds. The number of hydrogen-bond donors (Lipinski definition) is 0. The molecule has 3 atom stereocenters. The van der Waals surface area contributed by atoms with Crippen LogP contribution in [0.1, 0.15) is 41.5 Å². The molecule has 0 saturated heterocycles. The van der Waals surface area contributed by atoms with Gasteiger partial charge in [0.2, 0.25) is 5.90 Å². The van der Waals surface area contributed by atoms with Crippen LogP contribution in [-0.4, -0.2) is 37.1 Å². The van der Waals surface area contributed by atoms with Crippen molar-refractivity contribution in [2.75, 3.05) is 13.2 Å². The largest absolute Gasteiger partial charge is 0.478 e. The fraction of sp³-hybridized carbons (Fsp3) is 0.684. The van der Waals surface area contributed by atoms with Crippen molar-refractivity contribution in [3.8, 4) is 0 Å². The summed E-state index contributed by atoms with van der Waals surface area (Å²) in [5.74, 6) is 1.60. The molecule has 126 valence electrons. The standard InChI is InChI=1S/C19H28N2O2/c1-18(2,3)14-10-22-16(20-14)12-8-7-9-13(12)17-21-15(11-23-17)19(4,5)6/h7-9,12,14-15H,10-11H2,1-6H3/t12?,14-,15-/m1/s1. The Morgan fingerprint density at radius 1 is 0.913 bits per heavy atom. The van der Waals surface area contributed by atoms with Crippen molar-refractivity contribution < 1.29 is 9.47 Å². The lowest BCUT2D eigenvalue weighted by Crippen LogP contribution is -2.25. The molecule has 0 aromatic carbocycles. The van der Waals surface area contributed by atoms with Gasteiger partial charge in [0.15, 0.2) is 5.90 Å². The Labute approximate surface area is 139 Å². The van der Waals surface area contributed by atoms with Crippen LogP contribution in [0.3, 0.4) is 0 Å². The number of allylic oxidation sites excluding steroid dienone is 2. The summed E-state index contributed by atoms with van der Waals surface area (Å²) in [6.07, 6.45) is 6.24. The van der Waals surface area contributed by atoms with Crippen LogP contribution in [0.2, 0.25) is 0 Å². The van der Waals surface area contributed by atoms with Crippen molar-refractivity contribution in [1.82, 2.24) is 0 Å². The molecular formula is C19H28N2O2. The Bertz CT molecular complexity index is 600. The van der Waals surface area contributed by atoms with Gasteiger partial charge in [0.25, 0.3) is 0 Å². The van der Waals surface area contributed by atoms with Gasteiger partial charge in [-0.25, -0.2) is 9.98 Å². The molecule has 0 radical (unpaired) electrons. The molecule has 4 heteroatoms. The number of hydrogen-bond acceptors (Lipinski definition) is 4. The summed E-state index contributed by atoms with van der Waals surface area (Å²) >= 11 is 0. The molecule has 0 aromatic rings. The predicted molar refractivity (Wildman–Crippen MR) is 94.0 cm³/mol. The normalized spacial score (nSPS) is 30.7. The average molecular weight is 316 g/mol. The van der Waals surface area contributed by atoms with Crippen LogP contribution in [0, 0.1) is 16.7 Å². The molecule has 3 rings (SSSR count). The second kappa shape index (κ2) is 5.50. The first-order chi connectivity index (χ1) is 10.7.